The number of hydrogen-bond acceptors (Lipinski definition) is 4. The van der Waals surface area contributed by atoms with Crippen molar-refractivity contribution >= 4 is 11.5 Å². The van der Waals surface area contributed by atoms with Gasteiger partial charge in [-0.1, -0.05) is 25.5 Å². The van der Waals surface area contributed by atoms with Gasteiger partial charge in [0.25, 0.3) is 0 Å². The number of rotatable bonds is 1. The van der Waals surface area contributed by atoms with Gasteiger partial charge in [-0.15, -0.1) is 0 Å². The molecule has 1 aromatic heterocycles. The Morgan fingerprint density at radius 2 is 1.79 bits per heavy atom. The minimum atomic E-state index is 0.193. The zero-order valence-electron chi connectivity index (χ0n) is 22.4. The lowest BCUT2D eigenvalue weighted by molar-refractivity contribution is -0.124. The molecule has 4 aliphatic rings. The minimum absolute atomic E-state index is 0.193. The second-order valence-electron chi connectivity index (χ2n) is 11.1. The third-order valence-electron chi connectivity index (χ3n) is 9.14. The average Bonchev–Trinajstić information content (AvgIpc) is 3.13. The van der Waals surface area contributed by atoms with Crippen LogP contribution in [0.25, 0.3) is 5.57 Å². The summed E-state index contributed by atoms with van der Waals surface area (Å²) < 4.78 is 0. The lowest BCUT2D eigenvalue weighted by atomic mass is 9.47. The molecule has 2 heterocycles. The number of nitrogens with one attached hydrogen (secondary N) is 1. The smallest absolute Gasteiger partial charge is 0.246 e. The van der Waals surface area contributed by atoms with Crippen LogP contribution in [0.3, 0.4) is 0 Å². The Balaban J connectivity index is 0.000000603. The zero-order valence-corrected chi connectivity index (χ0v) is 22.4. The van der Waals surface area contributed by atoms with Crippen LogP contribution in [0.2, 0.25) is 0 Å². The van der Waals surface area contributed by atoms with Crippen molar-refractivity contribution in [3.8, 4) is 0 Å². The van der Waals surface area contributed by atoms with Crippen molar-refractivity contribution < 1.29 is 4.79 Å². The van der Waals surface area contributed by atoms with Crippen LogP contribution in [-0.4, -0.2) is 50.5 Å². The van der Waals surface area contributed by atoms with Gasteiger partial charge in [0.05, 0.1) is 0 Å². The zero-order chi connectivity index (χ0) is 25.1. The Morgan fingerprint density at radius 3 is 2.47 bits per heavy atom. The highest BCUT2D eigenvalue weighted by Crippen LogP contribution is 2.66. The van der Waals surface area contributed by atoms with E-state index < -0.39 is 0 Å². The summed E-state index contributed by atoms with van der Waals surface area (Å²) in [5.41, 5.74) is 10.5. The molecule has 2 fully saturated rings. The maximum absolute atomic E-state index is 12.5. The SMILES string of the molecule is CN.CNC.Cc1cncc(C2=CCC3C4CCC5=CC(=O)N(C)CCC5(C)C4CCC23C)c1. The van der Waals surface area contributed by atoms with Crippen molar-refractivity contribution in [1.29, 1.82) is 0 Å². The number of likely N-dealkylation sites (N-methyl/N-ethyl adjacent to an activating group) is 1. The normalized spacial score (nSPS) is 34.1. The van der Waals surface area contributed by atoms with E-state index in [2.05, 4.69) is 55.1 Å². The Labute approximate surface area is 207 Å². The highest BCUT2D eigenvalue weighted by molar-refractivity contribution is 5.88. The lowest BCUT2D eigenvalue weighted by Gasteiger charge is -2.57. The number of pyridine rings is 1. The predicted octanol–water partition coefficient (Wildman–Crippen LogP) is 4.82. The van der Waals surface area contributed by atoms with Crippen LogP contribution in [0.5, 0.6) is 0 Å². The number of allylic oxidation sites excluding steroid dienone is 3. The van der Waals surface area contributed by atoms with E-state index in [1.165, 1.54) is 49.4 Å². The molecule has 34 heavy (non-hydrogen) atoms. The molecule has 0 spiro atoms. The summed E-state index contributed by atoms with van der Waals surface area (Å²) in [6.45, 7) is 8.02. The molecule has 5 unspecified atom stereocenters. The number of carbonyl (C=O) groups is 1. The molecule has 3 N–H and O–H groups in total. The van der Waals surface area contributed by atoms with Gasteiger partial charge in [-0.3, -0.25) is 9.78 Å². The van der Waals surface area contributed by atoms with Gasteiger partial charge in [0, 0.05) is 32.1 Å². The van der Waals surface area contributed by atoms with E-state index in [4.69, 9.17) is 0 Å². The first-order valence-electron chi connectivity index (χ1n) is 13.0. The van der Waals surface area contributed by atoms with E-state index in [-0.39, 0.29) is 16.7 Å². The monoisotopic (exact) mass is 466 g/mol. The van der Waals surface area contributed by atoms with Gasteiger partial charge in [-0.2, -0.15) is 0 Å². The summed E-state index contributed by atoms with van der Waals surface area (Å²) in [6.07, 6.45) is 15.7. The van der Waals surface area contributed by atoms with Crippen molar-refractivity contribution in [3.63, 3.8) is 0 Å². The Morgan fingerprint density at radius 1 is 1.09 bits per heavy atom. The molecule has 0 bridgehead atoms. The van der Waals surface area contributed by atoms with E-state index in [1.54, 1.807) is 5.57 Å². The third-order valence-corrected chi connectivity index (χ3v) is 9.14. The van der Waals surface area contributed by atoms with E-state index in [0.29, 0.717) is 5.92 Å². The standard InChI is InChI=1S/C26H34N2O.C2H7N.CH5N/c1-17-13-18(16-27-15-17)21-7-8-22-20-6-5-19-14-24(29)28(4)12-11-25(19,2)23(20)9-10-26(21,22)3;1-3-2;1-2/h7,13-16,20,22-23H,5-6,8-12H2,1-4H3;3H,1-2H3;2H2,1H3. The highest BCUT2D eigenvalue weighted by Gasteiger charge is 2.57. The summed E-state index contributed by atoms with van der Waals surface area (Å²) in [6, 6.07) is 2.31. The molecule has 5 heteroatoms. The van der Waals surface area contributed by atoms with Crippen LogP contribution < -0.4 is 11.1 Å². The van der Waals surface area contributed by atoms with Gasteiger partial charge in [-0.25, -0.2) is 0 Å². The molecule has 2 saturated carbocycles. The molecule has 1 aliphatic heterocycles. The van der Waals surface area contributed by atoms with Gasteiger partial charge < -0.3 is 16.0 Å². The highest BCUT2D eigenvalue weighted by atomic mass is 16.2. The summed E-state index contributed by atoms with van der Waals surface area (Å²) in [4.78, 5) is 18.9. The molecule has 0 radical (unpaired) electrons. The number of carbonyl (C=O) groups excluding carboxylic acids is 1. The third kappa shape index (κ3) is 4.61. The largest absolute Gasteiger partial charge is 0.342 e. The minimum Gasteiger partial charge on any atom is -0.342 e. The maximum atomic E-state index is 12.5. The fourth-order valence-corrected chi connectivity index (χ4v) is 7.40. The van der Waals surface area contributed by atoms with E-state index in [0.717, 1.165) is 31.2 Å². The number of amides is 1. The Bertz CT molecular complexity index is 938. The number of fused-ring (bicyclic) bond motifs is 5. The van der Waals surface area contributed by atoms with Crippen LogP contribution >= 0.6 is 0 Å². The predicted molar refractivity (Wildman–Crippen MR) is 142 cm³/mol. The number of hydrogen-bond donors (Lipinski definition) is 2. The molecule has 0 aromatic carbocycles. The first kappa shape index (κ1) is 26.6. The summed E-state index contributed by atoms with van der Waals surface area (Å²) >= 11 is 0. The second kappa shape index (κ2) is 10.7. The molecular weight excluding hydrogens is 420 g/mol. The number of nitrogens with zero attached hydrogens (tertiary/aromatic N) is 2. The van der Waals surface area contributed by atoms with Crippen LogP contribution in [-0.2, 0) is 4.79 Å². The average molecular weight is 467 g/mol. The summed E-state index contributed by atoms with van der Waals surface area (Å²) in [5, 5.41) is 2.75. The Kier molecular flexibility index (Phi) is 8.41. The van der Waals surface area contributed by atoms with Crippen molar-refractivity contribution in [2.24, 2.45) is 34.3 Å². The van der Waals surface area contributed by atoms with Crippen LogP contribution in [0.4, 0.5) is 0 Å². The molecule has 1 amide bonds. The van der Waals surface area contributed by atoms with Gasteiger partial charge in [-0.05, 0) is 118 Å². The van der Waals surface area contributed by atoms with E-state index in [1.807, 2.05) is 38.3 Å². The molecule has 1 aromatic rings. The second-order valence-corrected chi connectivity index (χ2v) is 11.1. The van der Waals surface area contributed by atoms with Crippen molar-refractivity contribution in [3.05, 3.63) is 47.3 Å². The van der Waals surface area contributed by atoms with Gasteiger partial charge in [0.1, 0.15) is 0 Å². The van der Waals surface area contributed by atoms with Crippen LogP contribution in [0.15, 0.2) is 36.2 Å². The summed E-state index contributed by atoms with van der Waals surface area (Å²) in [5.74, 6) is 2.41. The fraction of sp³-hybridized carbons (Fsp3) is 0.655. The number of aryl methyl sites for hydroxylation is 1. The molecule has 3 aliphatic carbocycles. The topological polar surface area (TPSA) is 71.2 Å². The first-order valence-corrected chi connectivity index (χ1v) is 13.0. The van der Waals surface area contributed by atoms with Crippen LogP contribution in [0, 0.1) is 35.5 Å². The van der Waals surface area contributed by atoms with E-state index in [9.17, 15) is 4.79 Å². The van der Waals surface area contributed by atoms with Gasteiger partial charge in [0.2, 0.25) is 5.91 Å². The van der Waals surface area contributed by atoms with Gasteiger partial charge in [0.15, 0.2) is 0 Å². The van der Waals surface area contributed by atoms with Crippen molar-refractivity contribution in [2.45, 2.75) is 59.3 Å². The van der Waals surface area contributed by atoms with Gasteiger partial charge >= 0.3 is 0 Å². The molecule has 5 atom stereocenters. The quantitative estimate of drug-likeness (QED) is 0.622. The van der Waals surface area contributed by atoms with Crippen molar-refractivity contribution in [2.75, 3.05) is 34.7 Å². The molecule has 5 rings (SSSR count). The maximum Gasteiger partial charge on any atom is 0.246 e. The molecule has 0 saturated heterocycles. The fourth-order valence-electron chi connectivity index (χ4n) is 7.40. The Hall–Kier alpha value is -1.98. The molecular formula is C29H46N4O. The molecule has 5 nitrogen and oxygen atoms in total. The van der Waals surface area contributed by atoms with Crippen molar-refractivity contribution in [1.82, 2.24) is 15.2 Å². The van der Waals surface area contributed by atoms with Crippen LogP contribution in [0.1, 0.15) is 63.5 Å². The number of aromatic nitrogens is 1. The first-order chi connectivity index (χ1) is 16.2. The lowest BCUT2D eigenvalue weighted by Crippen LogP contribution is -2.49. The number of nitrogens with two attached hydrogens (primary N) is 1. The van der Waals surface area contributed by atoms with E-state index >= 15 is 0 Å². The summed E-state index contributed by atoms with van der Waals surface area (Å²) in [7, 11) is 7.21. The molecule has 188 valence electrons.